The number of benzene rings is 1. The molecule has 0 bridgehead atoms. The molecular formula is C17H24N2O6S. The Bertz CT molecular complexity index is 747. The average molecular weight is 384 g/mol. The number of methoxy groups -OCH3 is 1. The van der Waals surface area contributed by atoms with Crippen LogP contribution >= 0.6 is 0 Å². The molecule has 0 aliphatic carbocycles. The molecule has 2 N–H and O–H groups in total. The third-order valence-electron chi connectivity index (χ3n) is 4.44. The molecule has 2 unspecified atom stereocenters. The van der Waals surface area contributed by atoms with Crippen molar-refractivity contribution in [3.05, 3.63) is 29.8 Å². The molecule has 1 heterocycles. The van der Waals surface area contributed by atoms with E-state index in [9.17, 15) is 18.0 Å². The van der Waals surface area contributed by atoms with Gasteiger partial charge in [-0.15, -0.1) is 0 Å². The molecule has 2 rings (SSSR count). The van der Waals surface area contributed by atoms with Crippen molar-refractivity contribution in [1.29, 1.82) is 0 Å². The first-order valence-corrected chi connectivity index (χ1v) is 9.80. The Kier molecular flexibility index (Phi) is 6.74. The number of carboxylic acids is 1. The number of carbonyl (C=O) groups is 2. The predicted molar refractivity (Wildman–Crippen MR) is 94.1 cm³/mol. The number of carbonyl (C=O) groups excluding carboxylic acids is 1. The molecule has 0 radical (unpaired) electrons. The Balaban J connectivity index is 2.03. The monoisotopic (exact) mass is 384 g/mol. The summed E-state index contributed by atoms with van der Waals surface area (Å²) in [5.41, 5.74) is 0.964. The number of nitrogens with one attached hydrogen (secondary N) is 1. The summed E-state index contributed by atoms with van der Waals surface area (Å²) in [5, 5.41) is 11.5. The number of nitrogens with zero attached hydrogens (tertiary/aromatic N) is 1. The topological polar surface area (TPSA) is 113 Å². The van der Waals surface area contributed by atoms with Crippen LogP contribution in [0, 0.1) is 12.8 Å². The smallest absolute Gasteiger partial charge is 0.334 e. The molecule has 1 saturated heterocycles. The van der Waals surface area contributed by atoms with Crippen LogP contribution in [0.4, 0.5) is 0 Å². The number of carboxylic acid groups (broad SMARTS) is 1. The molecule has 1 aliphatic rings. The van der Waals surface area contributed by atoms with Gasteiger partial charge in [0.05, 0.1) is 17.4 Å². The van der Waals surface area contributed by atoms with Crippen molar-refractivity contribution in [2.24, 2.45) is 5.92 Å². The maximum Gasteiger partial charge on any atom is 0.334 e. The van der Waals surface area contributed by atoms with Gasteiger partial charge in [-0.2, -0.15) is 4.31 Å². The van der Waals surface area contributed by atoms with Gasteiger partial charge in [-0.05, 0) is 31.9 Å². The van der Waals surface area contributed by atoms with E-state index in [-0.39, 0.29) is 23.9 Å². The highest BCUT2D eigenvalue weighted by Crippen LogP contribution is 2.24. The standard InChI is InChI=1S/C17H24N2O6S/c1-12-5-7-14(8-6-12)26(23,24)19-9-3-4-13(11-19)16(20)18-10-15(25-2)17(21)22/h5-8,13,15H,3-4,9-11H2,1-2H3,(H,18,20)(H,21,22). The number of amides is 1. The summed E-state index contributed by atoms with van der Waals surface area (Å²) in [7, 11) is -2.41. The molecule has 1 aromatic carbocycles. The Morgan fingerprint density at radius 2 is 2.00 bits per heavy atom. The van der Waals surface area contributed by atoms with Crippen LogP contribution in [0.2, 0.25) is 0 Å². The number of ether oxygens (including phenoxy) is 1. The van der Waals surface area contributed by atoms with Gasteiger partial charge in [0, 0.05) is 20.2 Å². The van der Waals surface area contributed by atoms with E-state index >= 15 is 0 Å². The van der Waals surface area contributed by atoms with Crippen molar-refractivity contribution in [3.8, 4) is 0 Å². The van der Waals surface area contributed by atoms with E-state index in [4.69, 9.17) is 9.84 Å². The Hall–Kier alpha value is -1.97. The summed E-state index contributed by atoms with van der Waals surface area (Å²) in [4.78, 5) is 23.4. The van der Waals surface area contributed by atoms with Gasteiger partial charge in [-0.1, -0.05) is 17.7 Å². The van der Waals surface area contributed by atoms with Crippen molar-refractivity contribution in [2.75, 3.05) is 26.7 Å². The van der Waals surface area contributed by atoms with Crippen LogP contribution < -0.4 is 5.32 Å². The van der Waals surface area contributed by atoms with E-state index in [0.29, 0.717) is 19.4 Å². The van der Waals surface area contributed by atoms with Crippen LogP contribution in [0.25, 0.3) is 0 Å². The van der Waals surface area contributed by atoms with E-state index in [1.54, 1.807) is 24.3 Å². The summed E-state index contributed by atoms with van der Waals surface area (Å²) in [6.07, 6.45) is -0.0123. The lowest BCUT2D eigenvalue weighted by Gasteiger charge is -2.31. The molecule has 26 heavy (non-hydrogen) atoms. The fraction of sp³-hybridized carbons (Fsp3) is 0.529. The van der Waals surface area contributed by atoms with Gasteiger partial charge >= 0.3 is 5.97 Å². The lowest BCUT2D eigenvalue weighted by atomic mass is 9.99. The highest BCUT2D eigenvalue weighted by molar-refractivity contribution is 7.89. The molecule has 9 heteroatoms. The van der Waals surface area contributed by atoms with Crippen LogP contribution in [0.3, 0.4) is 0 Å². The second-order valence-electron chi connectivity index (χ2n) is 6.32. The molecule has 1 fully saturated rings. The van der Waals surface area contributed by atoms with E-state index in [1.807, 2.05) is 6.92 Å². The summed E-state index contributed by atoms with van der Waals surface area (Å²) in [6, 6.07) is 6.59. The van der Waals surface area contributed by atoms with Crippen molar-refractivity contribution in [2.45, 2.75) is 30.8 Å². The molecule has 8 nitrogen and oxygen atoms in total. The maximum atomic E-state index is 12.8. The predicted octanol–water partition coefficient (Wildman–Crippen LogP) is 0.612. The molecule has 1 aromatic rings. The summed E-state index contributed by atoms with van der Waals surface area (Å²) >= 11 is 0. The van der Waals surface area contributed by atoms with E-state index in [1.165, 1.54) is 11.4 Å². The van der Waals surface area contributed by atoms with Crippen molar-refractivity contribution in [1.82, 2.24) is 9.62 Å². The number of rotatable bonds is 7. The quantitative estimate of drug-likeness (QED) is 0.712. The van der Waals surface area contributed by atoms with Crippen LogP contribution in [-0.4, -0.2) is 62.6 Å². The lowest BCUT2D eigenvalue weighted by molar-refractivity contribution is -0.148. The van der Waals surface area contributed by atoms with Crippen LogP contribution in [0.15, 0.2) is 29.2 Å². The van der Waals surface area contributed by atoms with Crippen molar-refractivity contribution < 1.29 is 27.9 Å². The van der Waals surface area contributed by atoms with Crippen molar-refractivity contribution in [3.63, 3.8) is 0 Å². The Morgan fingerprint density at radius 3 is 2.58 bits per heavy atom. The zero-order valence-corrected chi connectivity index (χ0v) is 15.7. The fourth-order valence-electron chi connectivity index (χ4n) is 2.84. The van der Waals surface area contributed by atoms with Crippen LogP contribution in [0.1, 0.15) is 18.4 Å². The van der Waals surface area contributed by atoms with Crippen LogP contribution in [-0.2, 0) is 24.3 Å². The zero-order valence-electron chi connectivity index (χ0n) is 14.8. The van der Waals surface area contributed by atoms with Gasteiger partial charge in [-0.3, -0.25) is 4.79 Å². The van der Waals surface area contributed by atoms with E-state index in [2.05, 4.69) is 5.32 Å². The minimum absolute atomic E-state index is 0.0762. The van der Waals surface area contributed by atoms with Crippen molar-refractivity contribution >= 4 is 21.9 Å². The largest absolute Gasteiger partial charge is 0.479 e. The Morgan fingerprint density at radius 1 is 1.35 bits per heavy atom. The lowest BCUT2D eigenvalue weighted by Crippen LogP contribution is -2.47. The summed E-state index contributed by atoms with van der Waals surface area (Å²) in [6.45, 7) is 2.15. The second kappa shape index (κ2) is 8.61. The summed E-state index contributed by atoms with van der Waals surface area (Å²) < 4.78 is 31.6. The highest BCUT2D eigenvalue weighted by Gasteiger charge is 2.33. The molecule has 1 aliphatic heterocycles. The number of sulfonamides is 1. The van der Waals surface area contributed by atoms with Gasteiger partial charge in [0.25, 0.3) is 0 Å². The third-order valence-corrected chi connectivity index (χ3v) is 6.31. The SMILES string of the molecule is COC(CNC(=O)C1CCCN(S(=O)(=O)c2ccc(C)cc2)C1)C(=O)O. The molecular weight excluding hydrogens is 360 g/mol. The van der Waals surface area contributed by atoms with E-state index < -0.39 is 28.0 Å². The summed E-state index contributed by atoms with van der Waals surface area (Å²) in [5.74, 6) is -2.05. The van der Waals surface area contributed by atoms with E-state index in [0.717, 1.165) is 5.56 Å². The van der Waals surface area contributed by atoms with Gasteiger partial charge in [0.15, 0.2) is 6.10 Å². The molecule has 0 saturated carbocycles. The first kappa shape index (κ1) is 20.3. The highest BCUT2D eigenvalue weighted by atomic mass is 32.2. The molecule has 2 atom stereocenters. The third kappa shape index (κ3) is 4.80. The van der Waals surface area contributed by atoms with Crippen LogP contribution in [0.5, 0.6) is 0 Å². The second-order valence-corrected chi connectivity index (χ2v) is 8.26. The number of hydrogen-bond donors (Lipinski definition) is 2. The minimum Gasteiger partial charge on any atom is -0.479 e. The minimum atomic E-state index is -3.66. The van der Waals surface area contributed by atoms with Gasteiger partial charge < -0.3 is 15.2 Å². The normalized spacial score (nSPS) is 19.7. The number of aryl methyl sites for hydroxylation is 1. The number of hydrogen-bond acceptors (Lipinski definition) is 5. The Labute approximate surface area is 153 Å². The fourth-order valence-corrected chi connectivity index (χ4v) is 4.37. The van der Waals surface area contributed by atoms with Gasteiger partial charge in [-0.25, -0.2) is 13.2 Å². The molecule has 0 spiro atoms. The maximum absolute atomic E-state index is 12.8. The number of piperidine rings is 1. The first-order chi connectivity index (χ1) is 12.3. The van der Waals surface area contributed by atoms with Gasteiger partial charge in [0.2, 0.25) is 15.9 Å². The molecule has 0 aromatic heterocycles. The number of aliphatic carboxylic acids is 1. The first-order valence-electron chi connectivity index (χ1n) is 8.36. The van der Waals surface area contributed by atoms with Gasteiger partial charge in [0.1, 0.15) is 0 Å². The zero-order chi connectivity index (χ0) is 19.3. The average Bonchev–Trinajstić information content (AvgIpc) is 2.62. The molecule has 144 valence electrons. The molecule has 1 amide bonds.